The Morgan fingerprint density at radius 2 is 2.11 bits per heavy atom. The lowest BCUT2D eigenvalue weighted by atomic mass is 9.98. The second kappa shape index (κ2) is 3.60. The van der Waals surface area contributed by atoms with Gasteiger partial charge in [-0.1, -0.05) is 11.3 Å². The van der Waals surface area contributed by atoms with E-state index in [0.29, 0.717) is 21.5 Å². The summed E-state index contributed by atoms with van der Waals surface area (Å²) in [7, 11) is 0. The Kier molecular flexibility index (Phi) is 2.35. The summed E-state index contributed by atoms with van der Waals surface area (Å²) in [5, 5.41) is 7.89. The van der Waals surface area contributed by atoms with E-state index in [0.717, 1.165) is 29.3 Å². The van der Waals surface area contributed by atoms with Crippen LogP contribution in [0.25, 0.3) is 10.2 Å². The highest BCUT2D eigenvalue weighted by Crippen LogP contribution is 2.37. The smallest absolute Gasteiger partial charge is 0.314 e. The van der Waals surface area contributed by atoms with Crippen molar-refractivity contribution >= 4 is 21.6 Å². The third-order valence-electron chi connectivity index (χ3n) is 3.42. The molecular weight excluding hydrogens is 261 g/mol. The Morgan fingerprint density at radius 3 is 2.78 bits per heavy atom. The first kappa shape index (κ1) is 11.8. The van der Waals surface area contributed by atoms with Crippen molar-refractivity contribution in [3.05, 3.63) is 28.1 Å². The summed E-state index contributed by atoms with van der Waals surface area (Å²) in [5.41, 5.74) is 0.928. The van der Waals surface area contributed by atoms with Crippen molar-refractivity contribution < 1.29 is 13.2 Å². The lowest BCUT2D eigenvalue weighted by Crippen LogP contribution is -2.22. The Morgan fingerprint density at radius 1 is 1.39 bits per heavy atom. The van der Waals surface area contributed by atoms with Gasteiger partial charge in [-0.15, -0.1) is 0 Å². The van der Waals surface area contributed by atoms with Gasteiger partial charge in [0.25, 0.3) is 0 Å². The molecule has 0 unspecified atom stereocenters. The molecule has 0 radical (unpaired) electrons. The van der Waals surface area contributed by atoms with Crippen LogP contribution >= 0.6 is 11.3 Å². The van der Waals surface area contributed by atoms with Gasteiger partial charge >= 0.3 is 6.18 Å². The highest BCUT2D eigenvalue weighted by Gasteiger charge is 2.33. The van der Waals surface area contributed by atoms with Crippen LogP contribution in [-0.2, 0) is 12.6 Å². The third kappa shape index (κ3) is 1.59. The van der Waals surface area contributed by atoms with Gasteiger partial charge in [-0.25, -0.2) is 0 Å². The maximum Gasteiger partial charge on any atom is 0.416 e. The zero-order valence-corrected chi connectivity index (χ0v) is 10.5. The molecule has 0 spiro atoms. The highest BCUT2D eigenvalue weighted by molar-refractivity contribution is 7.16. The first-order chi connectivity index (χ1) is 8.38. The molecule has 1 aliphatic rings. The molecule has 0 fully saturated rings. The molecule has 6 heteroatoms. The summed E-state index contributed by atoms with van der Waals surface area (Å²) in [4.78, 5) is 0.331. The van der Waals surface area contributed by atoms with Crippen molar-refractivity contribution in [2.24, 2.45) is 0 Å². The number of thiazole rings is 1. The summed E-state index contributed by atoms with van der Waals surface area (Å²) in [5.74, 6) is 0. The van der Waals surface area contributed by atoms with Crippen LogP contribution in [0.3, 0.4) is 0 Å². The van der Waals surface area contributed by atoms with Crippen LogP contribution in [0.15, 0.2) is 12.1 Å². The summed E-state index contributed by atoms with van der Waals surface area (Å²) >= 11 is 1.12. The number of alkyl halides is 3. The lowest BCUT2D eigenvalue weighted by molar-refractivity contribution is -0.137. The number of aromatic nitrogens is 1. The van der Waals surface area contributed by atoms with E-state index >= 15 is 0 Å². The molecule has 1 aliphatic heterocycles. The minimum atomic E-state index is -4.31. The van der Waals surface area contributed by atoms with Gasteiger partial charge in [-0.05, 0) is 37.5 Å². The Balaban J connectivity index is 2.38. The average Bonchev–Trinajstić information content (AvgIpc) is 2.60. The molecule has 1 atom stereocenters. The number of halogens is 3. The van der Waals surface area contributed by atoms with Crippen LogP contribution in [-0.4, -0.2) is 4.57 Å². The quantitative estimate of drug-likeness (QED) is 0.757. The van der Waals surface area contributed by atoms with Gasteiger partial charge in [0.2, 0.25) is 0 Å². The predicted octanol–water partition coefficient (Wildman–Crippen LogP) is 3.71. The van der Waals surface area contributed by atoms with E-state index in [-0.39, 0.29) is 6.04 Å². The van der Waals surface area contributed by atoms with Gasteiger partial charge < -0.3 is 4.57 Å². The van der Waals surface area contributed by atoms with Crippen LogP contribution in [0.4, 0.5) is 13.2 Å². The summed E-state index contributed by atoms with van der Waals surface area (Å²) in [6, 6.07) is 2.59. The van der Waals surface area contributed by atoms with Gasteiger partial charge in [0, 0.05) is 6.04 Å². The van der Waals surface area contributed by atoms with Crippen LogP contribution in [0, 0.1) is 5.41 Å². The maximum atomic E-state index is 12.8. The molecule has 2 aromatic rings. The summed E-state index contributed by atoms with van der Waals surface area (Å²) < 4.78 is 40.8. The van der Waals surface area contributed by atoms with Crippen molar-refractivity contribution in [2.45, 2.75) is 32.0 Å². The molecule has 0 saturated heterocycles. The second-order valence-corrected chi connectivity index (χ2v) is 5.68. The minimum absolute atomic E-state index is 0.190. The average molecular weight is 272 g/mol. The molecule has 1 N–H and O–H groups in total. The maximum absolute atomic E-state index is 12.8. The number of benzene rings is 1. The van der Waals surface area contributed by atoms with Crippen LogP contribution in [0.1, 0.15) is 30.5 Å². The Labute approximate surface area is 105 Å². The molecule has 0 saturated carbocycles. The zero-order valence-electron chi connectivity index (χ0n) is 9.64. The molecule has 0 bridgehead atoms. The summed E-state index contributed by atoms with van der Waals surface area (Å²) in [6.45, 7) is 2.00. The SMILES string of the molecule is C[C@@H]1CCc2cc(C(F)(F)F)cc3sc(=N)n1c23. The minimum Gasteiger partial charge on any atom is -0.314 e. The fraction of sp³-hybridized carbons (Fsp3) is 0.417. The zero-order chi connectivity index (χ0) is 13.1. The standard InChI is InChI=1S/C12H11F3N2S/c1-6-2-3-7-4-8(12(13,14)15)5-9-10(7)17(6)11(16)18-9/h4-6,16H,2-3H2,1H3/t6-/m1/s1. The predicted molar refractivity (Wildman–Crippen MR) is 63.7 cm³/mol. The Bertz CT molecular complexity index is 681. The number of rotatable bonds is 0. The molecule has 0 aliphatic carbocycles. The normalized spacial score (nSPS) is 19.4. The molecular formula is C12H11F3N2S. The fourth-order valence-electron chi connectivity index (χ4n) is 2.54. The Hall–Kier alpha value is -1.30. The summed E-state index contributed by atoms with van der Waals surface area (Å²) in [6.07, 6.45) is -2.88. The lowest BCUT2D eigenvalue weighted by Gasteiger charge is -2.22. The van der Waals surface area contributed by atoms with Gasteiger partial charge in [0.1, 0.15) is 0 Å². The molecule has 1 aromatic carbocycles. The number of aryl methyl sites for hydroxylation is 1. The number of hydrogen-bond donors (Lipinski definition) is 1. The van der Waals surface area contributed by atoms with Gasteiger partial charge in [-0.2, -0.15) is 13.2 Å². The van der Waals surface area contributed by atoms with Crippen molar-refractivity contribution in [1.82, 2.24) is 4.57 Å². The van der Waals surface area contributed by atoms with Crippen molar-refractivity contribution in [3.63, 3.8) is 0 Å². The van der Waals surface area contributed by atoms with E-state index in [4.69, 9.17) is 5.41 Å². The van der Waals surface area contributed by atoms with E-state index < -0.39 is 11.7 Å². The fourth-order valence-corrected chi connectivity index (χ4v) is 3.63. The van der Waals surface area contributed by atoms with Crippen molar-refractivity contribution in [2.75, 3.05) is 0 Å². The van der Waals surface area contributed by atoms with Crippen LogP contribution in [0.2, 0.25) is 0 Å². The van der Waals surface area contributed by atoms with Crippen molar-refractivity contribution in [1.29, 1.82) is 5.41 Å². The van der Waals surface area contributed by atoms with Gasteiger partial charge in [-0.3, -0.25) is 5.41 Å². The monoisotopic (exact) mass is 272 g/mol. The molecule has 3 rings (SSSR count). The van der Waals surface area contributed by atoms with Gasteiger partial charge in [0.15, 0.2) is 4.80 Å². The van der Waals surface area contributed by atoms with E-state index in [9.17, 15) is 13.2 Å². The number of nitrogens with one attached hydrogen (secondary N) is 1. The molecule has 2 nitrogen and oxygen atoms in total. The van der Waals surface area contributed by atoms with Crippen LogP contribution in [0.5, 0.6) is 0 Å². The largest absolute Gasteiger partial charge is 0.416 e. The number of hydrogen-bond acceptors (Lipinski definition) is 2. The van der Waals surface area contributed by atoms with Crippen molar-refractivity contribution in [3.8, 4) is 0 Å². The third-order valence-corrected chi connectivity index (χ3v) is 4.34. The second-order valence-electron chi connectivity index (χ2n) is 4.64. The topological polar surface area (TPSA) is 28.8 Å². The first-order valence-corrected chi connectivity index (χ1v) is 6.49. The van der Waals surface area contributed by atoms with E-state index in [1.54, 1.807) is 0 Å². The molecule has 1 aromatic heterocycles. The van der Waals surface area contributed by atoms with E-state index in [1.165, 1.54) is 6.07 Å². The van der Waals surface area contributed by atoms with Gasteiger partial charge in [0.05, 0.1) is 15.8 Å². The van der Waals surface area contributed by atoms with E-state index in [2.05, 4.69) is 0 Å². The van der Waals surface area contributed by atoms with Crippen LogP contribution < -0.4 is 4.80 Å². The molecule has 0 amide bonds. The first-order valence-electron chi connectivity index (χ1n) is 5.67. The molecule has 96 valence electrons. The molecule has 2 heterocycles. The van der Waals surface area contributed by atoms with E-state index in [1.807, 2.05) is 11.5 Å². The number of nitrogens with zero attached hydrogens (tertiary/aromatic N) is 1. The molecule has 18 heavy (non-hydrogen) atoms. The highest BCUT2D eigenvalue weighted by atomic mass is 32.1.